The van der Waals surface area contributed by atoms with Crippen molar-refractivity contribution in [2.45, 2.75) is 0 Å². The van der Waals surface area contributed by atoms with E-state index < -0.39 is 6.03 Å². The van der Waals surface area contributed by atoms with Gasteiger partial charge in [-0.15, -0.1) is 23.2 Å². The van der Waals surface area contributed by atoms with Crippen LogP contribution in [-0.4, -0.2) is 42.7 Å². The number of hydrogen-bond acceptors (Lipinski definition) is 6. The Labute approximate surface area is 224 Å². The fourth-order valence-electron chi connectivity index (χ4n) is 4.09. The summed E-state index contributed by atoms with van der Waals surface area (Å²) in [4.78, 5) is 19.8. The predicted octanol–water partition coefficient (Wildman–Crippen LogP) is 6.06. The lowest BCUT2D eigenvalue weighted by atomic mass is 10.1. The summed E-state index contributed by atoms with van der Waals surface area (Å²) in [7, 11) is 0. The van der Waals surface area contributed by atoms with Crippen LogP contribution < -0.4 is 30.5 Å². The minimum absolute atomic E-state index is 0.151. The molecule has 4 aromatic rings. The third-order valence-electron chi connectivity index (χ3n) is 5.88. The van der Waals surface area contributed by atoms with Crippen LogP contribution in [0.1, 0.15) is 0 Å². The number of carbonyl (C=O) groups excluding carboxylic acids is 1. The molecule has 0 saturated carbocycles. The summed E-state index contributed by atoms with van der Waals surface area (Å²) in [6.07, 6.45) is 0. The van der Waals surface area contributed by atoms with Crippen molar-refractivity contribution in [1.82, 2.24) is 10.4 Å². The first kappa shape index (κ1) is 24.8. The highest BCUT2D eigenvalue weighted by Gasteiger charge is 2.18. The van der Waals surface area contributed by atoms with E-state index in [1.165, 1.54) is 0 Å². The summed E-state index contributed by atoms with van der Waals surface area (Å²) in [6.45, 7) is 1.55. The highest BCUT2D eigenvalue weighted by molar-refractivity contribution is 6.18. The van der Waals surface area contributed by atoms with Gasteiger partial charge in [0, 0.05) is 47.6 Å². The Bertz CT molecular complexity index is 1380. The topological polar surface area (TPSA) is 87.8 Å². The van der Waals surface area contributed by atoms with E-state index >= 15 is 0 Å². The number of hydrazine groups is 1. The molecular weight excluding hydrogens is 513 g/mol. The monoisotopic (exact) mass is 537 g/mol. The first-order valence-corrected chi connectivity index (χ1v) is 12.8. The van der Waals surface area contributed by atoms with Crippen molar-refractivity contribution < 1.29 is 14.3 Å². The molecule has 37 heavy (non-hydrogen) atoms. The van der Waals surface area contributed by atoms with Crippen molar-refractivity contribution in [2.24, 2.45) is 0 Å². The van der Waals surface area contributed by atoms with E-state index in [1.54, 1.807) is 0 Å². The number of aromatic nitrogens is 1. The highest BCUT2D eigenvalue weighted by Crippen LogP contribution is 2.39. The summed E-state index contributed by atoms with van der Waals surface area (Å²) < 4.78 is 11.1. The molecule has 10 heteroatoms. The van der Waals surface area contributed by atoms with Crippen LogP contribution in [0.4, 0.5) is 21.9 Å². The fourth-order valence-corrected chi connectivity index (χ4v) is 4.50. The Hall–Kier alpha value is -3.88. The Morgan fingerprint density at radius 1 is 0.919 bits per heavy atom. The van der Waals surface area contributed by atoms with Gasteiger partial charge in [-0.1, -0.05) is 30.3 Å². The van der Waals surface area contributed by atoms with E-state index in [4.69, 9.17) is 37.7 Å². The minimum Gasteiger partial charge on any atom is -0.454 e. The van der Waals surface area contributed by atoms with Crippen LogP contribution in [0.3, 0.4) is 0 Å². The lowest BCUT2D eigenvalue weighted by Crippen LogP contribution is -2.33. The SMILES string of the molecule is O=C(NNc1ccc(N(CCCl)CCCl)cc1)Nc1cc(-c2ccccc2)nc2cc3c(cc12)OCO3. The van der Waals surface area contributed by atoms with E-state index in [9.17, 15) is 4.79 Å². The third-order valence-corrected chi connectivity index (χ3v) is 6.22. The number of ether oxygens (including phenoxy) is 2. The summed E-state index contributed by atoms with van der Waals surface area (Å²) in [6, 6.07) is 22.5. The molecule has 0 aliphatic carbocycles. The first-order chi connectivity index (χ1) is 18.1. The van der Waals surface area contributed by atoms with Gasteiger partial charge in [0.05, 0.1) is 22.6 Å². The number of pyridine rings is 1. The Balaban J connectivity index is 1.33. The molecule has 0 radical (unpaired) electrons. The molecule has 0 spiro atoms. The second kappa shape index (κ2) is 11.5. The zero-order valence-electron chi connectivity index (χ0n) is 19.8. The minimum atomic E-state index is -0.431. The summed E-state index contributed by atoms with van der Waals surface area (Å²) in [5.74, 6) is 2.26. The van der Waals surface area contributed by atoms with Gasteiger partial charge >= 0.3 is 6.03 Å². The van der Waals surface area contributed by atoms with Gasteiger partial charge < -0.3 is 19.7 Å². The number of halogens is 2. The number of nitrogens with one attached hydrogen (secondary N) is 3. The largest absolute Gasteiger partial charge is 0.454 e. The summed E-state index contributed by atoms with van der Waals surface area (Å²) in [5, 5.41) is 3.67. The predicted molar refractivity (Wildman–Crippen MR) is 149 cm³/mol. The van der Waals surface area contributed by atoms with Gasteiger partial charge in [0.1, 0.15) is 0 Å². The standard InChI is InChI=1S/C27H25Cl2N5O3/c28-10-12-34(13-11-29)20-8-6-19(7-9-20)32-33-27(35)31-23-15-22(18-4-2-1-3-5-18)30-24-16-26-25(14-21(23)24)36-17-37-26/h1-9,14-16,32H,10-13,17H2,(H2,30,31,33,35). The normalized spacial score (nSPS) is 11.8. The van der Waals surface area contributed by atoms with E-state index in [2.05, 4.69) is 21.1 Å². The molecule has 190 valence electrons. The zero-order chi connectivity index (χ0) is 25.6. The van der Waals surface area contributed by atoms with Crippen LogP contribution in [0.25, 0.3) is 22.2 Å². The maximum Gasteiger partial charge on any atom is 0.337 e. The summed E-state index contributed by atoms with van der Waals surface area (Å²) in [5.41, 5.74) is 10.3. The van der Waals surface area contributed by atoms with Crippen molar-refractivity contribution in [3.63, 3.8) is 0 Å². The molecule has 1 aromatic heterocycles. The van der Waals surface area contributed by atoms with E-state index in [-0.39, 0.29) is 6.79 Å². The lowest BCUT2D eigenvalue weighted by Gasteiger charge is -2.23. The molecule has 1 aliphatic heterocycles. The van der Waals surface area contributed by atoms with Gasteiger partial charge in [-0.2, -0.15) is 0 Å². The number of urea groups is 1. The van der Waals surface area contributed by atoms with E-state index in [0.717, 1.165) is 28.0 Å². The second-order valence-electron chi connectivity index (χ2n) is 8.26. The van der Waals surface area contributed by atoms with Crippen molar-refractivity contribution in [3.8, 4) is 22.8 Å². The number of anilines is 3. The van der Waals surface area contributed by atoms with Gasteiger partial charge in [0.2, 0.25) is 6.79 Å². The molecule has 2 amide bonds. The lowest BCUT2D eigenvalue weighted by molar-refractivity contribution is 0.174. The smallest absolute Gasteiger partial charge is 0.337 e. The second-order valence-corrected chi connectivity index (χ2v) is 9.02. The van der Waals surface area contributed by atoms with E-state index in [0.29, 0.717) is 47.6 Å². The number of benzene rings is 3. The van der Waals surface area contributed by atoms with Crippen LogP contribution in [-0.2, 0) is 0 Å². The van der Waals surface area contributed by atoms with Gasteiger partial charge in [0.15, 0.2) is 11.5 Å². The number of carbonyl (C=O) groups is 1. The number of alkyl halides is 2. The molecule has 1 aliphatic rings. The number of rotatable bonds is 9. The molecule has 0 atom stereocenters. The molecule has 3 N–H and O–H groups in total. The molecule has 0 bridgehead atoms. The van der Waals surface area contributed by atoms with Crippen molar-refractivity contribution in [3.05, 3.63) is 72.8 Å². The van der Waals surface area contributed by atoms with E-state index in [1.807, 2.05) is 72.8 Å². The maximum atomic E-state index is 12.9. The molecule has 3 aromatic carbocycles. The highest BCUT2D eigenvalue weighted by atomic mass is 35.5. The summed E-state index contributed by atoms with van der Waals surface area (Å²) >= 11 is 11.8. The number of fused-ring (bicyclic) bond motifs is 2. The molecular formula is C27H25Cl2N5O3. The van der Waals surface area contributed by atoms with Crippen molar-refractivity contribution >= 4 is 57.2 Å². The molecule has 0 unspecified atom stereocenters. The number of amides is 2. The Morgan fingerprint density at radius 2 is 1.62 bits per heavy atom. The molecule has 8 nitrogen and oxygen atoms in total. The number of nitrogens with zero attached hydrogens (tertiary/aromatic N) is 2. The van der Waals surface area contributed by atoms with Gasteiger partial charge in [-0.25, -0.2) is 9.78 Å². The third kappa shape index (κ3) is 5.76. The van der Waals surface area contributed by atoms with Crippen molar-refractivity contribution in [1.29, 1.82) is 0 Å². The van der Waals surface area contributed by atoms with Crippen LogP contribution >= 0.6 is 23.2 Å². The van der Waals surface area contributed by atoms with Crippen LogP contribution in [0, 0.1) is 0 Å². The quantitative estimate of drug-likeness (QED) is 0.177. The Kier molecular flexibility index (Phi) is 7.67. The zero-order valence-corrected chi connectivity index (χ0v) is 21.4. The molecule has 5 rings (SSSR count). The van der Waals surface area contributed by atoms with Gasteiger partial charge in [-0.05, 0) is 36.4 Å². The Morgan fingerprint density at radius 3 is 2.32 bits per heavy atom. The molecule has 0 saturated heterocycles. The first-order valence-electron chi connectivity index (χ1n) is 11.7. The molecule has 0 fully saturated rings. The fraction of sp³-hybridized carbons (Fsp3) is 0.185. The maximum absolute atomic E-state index is 12.9. The average Bonchev–Trinajstić information content (AvgIpc) is 3.39. The van der Waals surface area contributed by atoms with Crippen LogP contribution in [0.5, 0.6) is 11.5 Å². The van der Waals surface area contributed by atoms with Gasteiger partial charge in [-0.3, -0.25) is 10.9 Å². The van der Waals surface area contributed by atoms with Gasteiger partial charge in [0.25, 0.3) is 0 Å². The van der Waals surface area contributed by atoms with Crippen LogP contribution in [0.2, 0.25) is 0 Å². The van der Waals surface area contributed by atoms with Crippen LogP contribution in [0.15, 0.2) is 72.8 Å². The number of hydrogen-bond donors (Lipinski definition) is 3. The average molecular weight is 538 g/mol. The molecule has 2 heterocycles. The van der Waals surface area contributed by atoms with Crippen molar-refractivity contribution in [2.75, 3.05) is 47.3 Å².